The predicted molar refractivity (Wildman–Crippen MR) is 278 cm³/mol. The molecule has 5 heteroatoms. The number of aromatic nitrogens is 1. The zero-order valence-electron chi connectivity index (χ0n) is 36.4. The number of fused-ring (bicyclic) bond motifs is 9. The van der Waals surface area contributed by atoms with Crippen molar-refractivity contribution in [2.45, 2.75) is 52.4 Å². The lowest BCUT2D eigenvalue weighted by atomic mass is 9.59. The average molecular weight is 846 g/mol. The molecular formula is C58H46BN2S2. The lowest BCUT2D eigenvalue weighted by molar-refractivity contribution is 0.590. The van der Waals surface area contributed by atoms with Gasteiger partial charge in [-0.05, 0) is 98.7 Å². The Morgan fingerprint density at radius 2 is 1.17 bits per heavy atom. The van der Waals surface area contributed by atoms with Crippen LogP contribution in [0.15, 0.2) is 164 Å². The fourth-order valence-electron chi connectivity index (χ4n) is 9.83. The summed E-state index contributed by atoms with van der Waals surface area (Å²) in [5, 5.41) is 10.4. The van der Waals surface area contributed by atoms with E-state index in [0.717, 1.165) is 11.4 Å². The highest BCUT2D eigenvalue weighted by molar-refractivity contribution is 7.26. The van der Waals surface area contributed by atoms with Gasteiger partial charge in [0.1, 0.15) is 0 Å². The second-order valence-electron chi connectivity index (χ2n) is 19.3. The summed E-state index contributed by atoms with van der Waals surface area (Å²) in [4.78, 5) is 1.30. The minimum absolute atomic E-state index is 0.0274. The molecule has 303 valence electrons. The lowest BCUT2D eigenvalue weighted by Crippen LogP contribution is -2.37. The average Bonchev–Trinajstić information content (AvgIpc) is 3.95. The van der Waals surface area contributed by atoms with E-state index in [4.69, 9.17) is 0 Å². The number of benzene rings is 8. The van der Waals surface area contributed by atoms with E-state index >= 15 is 0 Å². The van der Waals surface area contributed by atoms with Crippen molar-refractivity contribution in [2.75, 3.05) is 5.32 Å². The third kappa shape index (κ3) is 6.19. The summed E-state index contributed by atoms with van der Waals surface area (Å²) in [6.07, 6.45) is 0. The summed E-state index contributed by atoms with van der Waals surface area (Å²) in [6.45, 7) is 13.8. The minimum Gasteiger partial charge on any atom is -0.355 e. The third-order valence-electron chi connectivity index (χ3n) is 13.1. The summed E-state index contributed by atoms with van der Waals surface area (Å²) < 4.78 is 6.53. The van der Waals surface area contributed by atoms with Crippen LogP contribution in [0.5, 0.6) is 0 Å². The maximum atomic E-state index is 3.89. The van der Waals surface area contributed by atoms with Gasteiger partial charge in [0.15, 0.2) is 7.28 Å². The molecule has 12 rings (SSSR count). The predicted octanol–water partition coefficient (Wildman–Crippen LogP) is 15.7. The first kappa shape index (κ1) is 38.3. The highest BCUT2D eigenvalue weighted by Gasteiger charge is 2.30. The molecular weight excluding hydrogens is 800 g/mol. The lowest BCUT2D eigenvalue weighted by Gasteiger charge is -2.26. The Hall–Kier alpha value is -6.40. The van der Waals surface area contributed by atoms with Crippen molar-refractivity contribution in [1.82, 2.24) is 4.57 Å². The van der Waals surface area contributed by atoms with Crippen molar-refractivity contribution in [3.63, 3.8) is 0 Å². The molecule has 63 heavy (non-hydrogen) atoms. The molecule has 0 aliphatic carbocycles. The van der Waals surface area contributed by atoms with Crippen molar-refractivity contribution >= 4 is 104 Å². The number of thiophene rings is 2. The number of nitrogens with one attached hydrogen (secondary N) is 1. The van der Waals surface area contributed by atoms with Crippen LogP contribution in [-0.2, 0) is 10.8 Å². The van der Waals surface area contributed by atoms with E-state index in [2.05, 4.69) is 222 Å². The van der Waals surface area contributed by atoms with Gasteiger partial charge in [0, 0.05) is 79.6 Å². The Balaban J connectivity index is 1.15. The smallest absolute Gasteiger partial charge is 0.197 e. The molecule has 3 aromatic heterocycles. The van der Waals surface area contributed by atoms with Crippen LogP contribution in [-0.4, -0.2) is 11.8 Å². The fraction of sp³-hybridized carbons (Fsp3) is 0.138. The van der Waals surface area contributed by atoms with Gasteiger partial charge in [-0.1, -0.05) is 156 Å². The molecule has 4 heterocycles. The largest absolute Gasteiger partial charge is 0.355 e. The zero-order chi connectivity index (χ0) is 42.8. The summed E-state index contributed by atoms with van der Waals surface area (Å²) in [6, 6.07) is 61.4. The van der Waals surface area contributed by atoms with Crippen molar-refractivity contribution in [3.8, 4) is 38.4 Å². The van der Waals surface area contributed by atoms with Crippen LogP contribution in [0.3, 0.4) is 0 Å². The van der Waals surface area contributed by atoms with Gasteiger partial charge in [0.2, 0.25) is 0 Å². The Morgan fingerprint density at radius 3 is 1.92 bits per heavy atom. The zero-order valence-corrected chi connectivity index (χ0v) is 38.1. The van der Waals surface area contributed by atoms with Crippen molar-refractivity contribution < 1.29 is 0 Å². The monoisotopic (exact) mass is 845 g/mol. The molecule has 0 saturated carbocycles. The first-order chi connectivity index (χ1) is 30.5. The van der Waals surface area contributed by atoms with Gasteiger partial charge >= 0.3 is 0 Å². The van der Waals surface area contributed by atoms with E-state index < -0.39 is 0 Å². The first-order valence-corrected chi connectivity index (χ1v) is 23.6. The SMILES string of the molecule is CC(C)(C)c1ccc(Nc2ccc(C(C)(C)C)cc2-c2ccc3c4cc5c(cc4n4c3c2[B]c2cc3sc(-c6ccccc6)c(-c6ccccc6)c3cc2-4)sc2ccccc25)cc1. The topological polar surface area (TPSA) is 17.0 Å². The minimum atomic E-state index is -0.0274. The third-order valence-corrected chi connectivity index (χ3v) is 15.5. The maximum Gasteiger partial charge on any atom is 0.197 e. The fourth-order valence-corrected chi connectivity index (χ4v) is 12.2. The van der Waals surface area contributed by atoms with Crippen LogP contribution in [0, 0.1) is 0 Å². The van der Waals surface area contributed by atoms with Gasteiger partial charge < -0.3 is 9.88 Å². The first-order valence-electron chi connectivity index (χ1n) is 22.0. The highest BCUT2D eigenvalue weighted by Crippen LogP contribution is 2.47. The normalized spacial score (nSPS) is 12.7. The summed E-state index contributed by atoms with van der Waals surface area (Å²) in [5.41, 5.74) is 17.3. The number of nitrogens with zero attached hydrogens (tertiary/aromatic N) is 1. The Kier molecular flexibility index (Phi) is 8.54. The van der Waals surface area contributed by atoms with Crippen LogP contribution in [0.2, 0.25) is 0 Å². The standard InChI is InChI=1S/C58H46BN2S2/c1-57(2,3)36-21-24-38(25-22-36)60-47-28-23-37(58(4,5)6)29-42(47)40-26-27-41-43-30-44-39-19-13-14-20-50(39)62-52(44)33-48(43)61-49-31-45-51(32-46(49)59-54(40)55(41)61)63-56(35-17-11-8-12-18-35)53(45)34-15-9-7-10-16-34/h7-33,60H,1-6H3. The number of hydrogen-bond acceptors (Lipinski definition) is 3. The Labute approximate surface area is 377 Å². The van der Waals surface area contributed by atoms with Gasteiger partial charge in [0.05, 0.1) is 5.52 Å². The molecule has 0 unspecified atom stereocenters. The summed E-state index contributed by atoms with van der Waals surface area (Å²) >= 11 is 3.80. The quantitative estimate of drug-likeness (QED) is 0.171. The van der Waals surface area contributed by atoms with E-state index in [9.17, 15) is 0 Å². The molecule has 0 spiro atoms. The number of hydrogen-bond donors (Lipinski definition) is 1. The Morgan fingerprint density at radius 1 is 0.492 bits per heavy atom. The summed E-state index contributed by atoms with van der Waals surface area (Å²) in [7, 11) is 2.48. The van der Waals surface area contributed by atoms with Gasteiger partial charge in [-0.3, -0.25) is 0 Å². The molecule has 1 radical (unpaired) electrons. The molecule has 8 aromatic carbocycles. The van der Waals surface area contributed by atoms with E-state index in [1.54, 1.807) is 0 Å². The van der Waals surface area contributed by atoms with Crippen LogP contribution < -0.4 is 16.2 Å². The van der Waals surface area contributed by atoms with Gasteiger partial charge in [-0.2, -0.15) is 0 Å². The second kappa shape index (κ2) is 14.1. The molecule has 0 saturated heterocycles. The highest BCUT2D eigenvalue weighted by atomic mass is 32.1. The van der Waals surface area contributed by atoms with Gasteiger partial charge in [-0.15, -0.1) is 22.7 Å². The molecule has 0 amide bonds. The van der Waals surface area contributed by atoms with Gasteiger partial charge in [-0.25, -0.2) is 0 Å². The molecule has 1 aliphatic heterocycles. The van der Waals surface area contributed by atoms with E-state index in [1.165, 1.54) is 112 Å². The number of rotatable bonds is 5. The van der Waals surface area contributed by atoms with Crippen LogP contribution in [0.1, 0.15) is 52.7 Å². The van der Waals surface area contributed by atoms with Crippen LogP contribution in [0.4, 0.5) is 11.4 Å². The summed E-state index contributed by atoms with van der Waals surface area (Å²) in [5.74, 6) is 0. The van der Waals surface area contributed by atoms with Crippen molar-refractivity contribution in [1.29, 1.82) is 0 Å². The molecule has 0 atom stereocenters. The molecule has 11 aromatic rings. The molecule has 1 N–H and O–H groups in total. The van der Waals surface area contributed by atoms with E-state index in [0.29, 0.717) is 0 Å². The van der Waals surface area contributed by atoms with E-state index in [1.807, 2.05) is 22.7 Å². The van der Waals surface area contributed by atoms with Crippen LogP contribution in [0.25, 0.3) is 90.4 Å². The Bertz CT molecular complexity index is 3610. The molecule has 2 nitrogen and oxygen atoms in total. The molecule has 0 fully saturated rings. The maximum absolute atomic E-state index is 3.89. The molecule has 1 aliphatic rings. The van der Waals surface area contributed by atoms with Crippen molar-refractivity contribution in [2.24, 2.45) is 0 Å². The van der Waals surface area contributed by atoms with Crippen LogP contribution >= 0.6 is 22.7 Å². The van der Waals surface area contributed by atoms with Gasteiger partial charge in [0.25, 0.3) is 0 Å². The molecule has 0 bridgehead atoms. The second-order valence-corrected chi connectivity index (χ2v) is 21.4. The number of anilines is 2. The van der Waals surface area contributed by atoms with Crippen molar-refractivity contribution in [3.05, 3.63) is 175 Å². The van der Waals surface area contributed by atoms with E-state index in [-0.39, 0.29) is 10.8 Å².